The average Bonchev–Trinajstić information content (AvgIpc) is 2.47. The Morgan fingerprint density at radius 2 is 1.86 bits per heavy atom. The van der Waals surface area contributed by atoms with E-state index in [2.05, 4.69) is 0 Å². The smallest absolute Gasteiger partial charge is 0.253 e. The minimum atomic E-state index is -3.58. The number of rotatable bonds is 7. The van der Waals surface area contributed by atoms with E-state index in [-0.39, 0.29) is 24.0 Å². The number of aliphatic hydroxyl groups excluding tert-OH is 1. The quantitative estimate of drug-likeness (QED) is 0.807. The number of hydrogen-bond acceptors (Lipinski definition) is 4. The first-order valence-electron chi connectivity index (χ1n) is 6.85. The number of carbonyl (C=O) groups is 1. The molecule has 1 aromatic carbocycles. The third-order valence-electron chi connectivity index (χ3n) is 3.21. The molecule has 1 amide bonds. The van der Waals surface area contributed by atoms with Gasteiger partial charge in [0.1, 0.15) is 0 Å². The molecule has 1 rings (SSSR count). The highest BCUT2D eigenvalue weighted by atomic mass is 32.2. The van der Waals surface area contributed by atoms with Gasteiger partial charge in [-0.25, -0.2) is 8.42 Å². The van der Waals surface area contributed by atoms with Gasteiger partial charge in [-0.1, -0.05) is 19.9 Å². The molecule has 0 saturated carbocycles. The van der Waals surface area contributed by atoms with Crippen LogP contribution in [-0.2, 0) is 10.0 Å². The van der Waals surface area contributed by atoms with E-state index < -0.39 is 10.0 Å². The van der Waals surface area contributed by atoms with Crippen LogP contribution in [0, 0.1) is 0 Å². The standard InChI is InChI=1S/C14H22N2O4S/c1-4-16(5-2)21(19,20)13-8-6-7-12(11-13)14(18)15(3)9-10-17/h6-8,11,17H,4-5,9-10H2,1-3H3. The Morgan fingerprint density at radius 1 is 1.24 bits per heavy atom. The molecule has 0 aliphatic carbocycles. The van der Waals surface area contributed by atoms with Gasteiger partial charge in [-0.2, -0.15) is 4.31 Å². The summed E-state index contributed by atoms with van der Waals surface area (Å²) in [5.41, 5.74) is 0.291. The van der Waals surface area contributed by atoms with Gasteiger partial charge in [-0.05, 0) is 18.2 Å². The Bertz CT molecular complexity index is 582. The average molecular weight is 314 g/mol. The minimum Gasteiger partial charge on any atom is -0.395 e. The first-order chi connectivity index (χ1) is 9.88. The maximum atomic E-state index is 12.4. The molecule has 1 aromatic rings. The number of sulfonamides is 1. The first kappa shape index (κ1) is 17.6. The van der Waals surface area contributed by atoms with Crippen LogP contribution in [0.1, 0.15) is 24.2 Å². The van der Waals surface area contributed by atoms with Crippen molar-refractivity contribution >= 4 is 15.9 Å². The predicted octanol–water partition coefficient (Wildman–Crippen LogP) is 0.781. The van der Waals surface area contributed by atoms with Crippen molar-refractivity contribution in [3.63, 3.8) is 0 Å². The van der Waals surface area contributed by atoms with Crippen LogP contribution in [0.4, 0.5) is 0 Å². The van der Waals surface area contributed by atoms with E-state index in [1.54, 1.807) is 33.0 Å². The molecule has 1 N–H and O–H groups in total. The molecule has 7 heteroatoms. The summed E-state index contributed by atoms with van der Waals surface area (Å²) in [4.78, 5) is 13.6. The molecule has 0 bridgehead atoms. The van der Waals surface area contributed by atoms with Crippen LogP contribution in [0.5, 0.6) is 0 Å². The fourth-order valence-electron chi connectivity index (χ4n) is 1.97. The summed E-state index contributed by atoms with van der Waals surface area (Å²) < 4.78 is 26.2. The van der Waals surface area contributed by atoms with Gasteiger partial charge in [0.15, 0.2) is 0 Å². The van der Waals surface area contributed by atoms with Crippen molar-refractivity contribution in [1.82, 2.24) is 9.21 Å². The van der Waals surface area contributed by atoms with E-state index in [0.717, 1.165) is 0 Å². The highest BCUT2D eigenvalue weighted by molar-refractivity contribution is 7.89. The lowest BCUT2D eigenvalue weighted by Crippen LogP contribution is -2.31. The van der Waals surface area contributed by atoms with Gasteiger partial charge in [0, 0.05) is 32.2 Å². The third-order valence-corrected chi connectivity index (χ3v) is 5.25. The molecule has 0 aromatic heterocycles. The monoisotopic (exact) mass is 314 g/mol. The lowest BCUT2D eigenvalue weighted by atomic mass is 10.2. The van der Waals surface area contributed by atoms with Crippen molar-refractivity contribution in [2.45, 2.75) is 18.7 Å². The van der Waals surface area contributed by atoms with Gasteiger partial charge < -0.3 is 10.0 Å². The van der Waals surface area contributed by atoms with Crippen molar-refractivity contribution in [3.05, 3.63) is 29.8 Å². The SMILES string of the molecule is CCN(CC)S(=O)(=O)c1cccc(C(=O)N(C)CCO)c1. The number of nitrogens with zero attached hydrogens (tertiary/aromatic N) is 2. The predicted molar refractivity (Wildman–Crippen MR) is 80.6 cm³/mol. The molecule has 0 atom stereocenters. The molecule has 118 valence electrons. The summed E-state index contributed by atoms with van der Waals surface area (Å²) in [6.45, 7) is 4.35. The highest BCUT2D eigenvalue weighted by Gasteiger charge is 2.23. The van der Waals surface area contributed by atoms with Crippen LogP contribution < -0.4 is 0 Å². The van der Waals surface area contributed by atoms with Crippen LogP contribution in [0.3, 0.4) is 0 Å². The maximum absolute atomic E-state index is 12.4. The number of aliphatic hydroxyl groups is 1. The summed E-state index contributed by atoms with van der Waals surface area (Å²) in [6.07, 6.45) is 0. The zero-order valence-corrected chi connectivity index (χ0v) is 13.4. The molecule has 21 heavy (non-hydrogen) atoms. The summed E-state index contributed by atoms with van der Waals surface area (Å²) in [7, 11) is -2.02. The lowest BCUT2D eigenvalue weighted by Gasteiger charge is -2.20. The molecule has 0 aliphatic heterocycles. The number of hydrogen-bond donors (Lipinski definition) is 1. The van der Waals surface area contributed by atoms with Gasteiger partial charge in [0.2, 0.25) is 10.0 Å². The van der Waals surface area contributed by atoms with Crippen molar-refractivity contribution in [2.75, 3.05) is 33.3 Å². The normalized spacial score (nSPS) is 11.7. The molecule has 0 saturated heterocycles. The Kier molecular flexibility index (Phi) is 6.32. The van der Waals surface area contributed by atoms with Crippen molar-refractivity contribution in [2.24, 2.45) is 0 Å². The Labute approximate surface area is 126 Å². The van der Waals surface area contributed by atoms with E-state index in [9.17, 15) is 13.2 Å². The van der Waals surface area contributed by atoms with Crippen molar-refractivity contribution in [3.8, 4) is 0 Å². The summed E-state index contributed by atoms with van der Waals surface area (Å²) >= 11 is 0. The molecule has 0 spiro atoms. The number of amides is 1. The molecule has 0 heterocycles. The minimum absolute atomic E-state index is 0.106. The van der Waals surface area contributed by atoms with E-state index in [4.69, 9.17) is 5.11 Å². The highest BCUT2D eigenvalue weighted by Crippen LogP contribution is 2.17. The fourth-order valence-corrected chi connectivity index (χ4v) is 3.48. The molecule has 0 fully saturated rings. The van der Waals surface area contributed by atoms with Gasteiger partial charge in [-0.15, -0.1) is 0 Å². The summed E-state index contributed by atoms with van der Waals surface area (Å²) in [5.74, 6) is -0.319. The topological polar surface area (TPSA) is 77.9 Å². The Morgan fingerprint density at radius 3 is 2.38 bits per heavy atom. The van der Waals surface area contributed by atoms with E-state index in [1.807, 2.05) is 0 Å². The second-order valence-corrected chi connectivity index (χ2v) is 6.51. The van der Waals surface area contributed by atoms with Crippen LogP contribution in [-0.4, -0.2) is 61.9 Å². The molecular weight excluding hydrogens is 292 g/mol. The zero-order chi connectivity index (χ0) is 16.0. The Balaban J connectivity index is 3.14. The number of carbonyl (C=O) groups excluding carboxylic acids is 1. The number of benzene rings is 1. The second-order valence-electron chi connectivity index (χ2n) is 4.57. The van der Waals surface area contributed by atoms with Gasteiger partial charge in [0.25, 0.3) is 5.91 Å². The molecule has 6 nitrogen and oxygen atoms in total. The molecule has 0 aliphatic rings. The van der Waals surface area contributed by atoms with E-state index in [1.165, 1.54) is 21.3 Å². The zero-order valence-electron chi connectivity index (χ0n) is 12.6. The third kappa shape index (κ3) is 4.03. The van der Waals surface area contributed by atoms with Crippen LogP contribution in [0.15, 0.2) is 29.2 Å². The second kappa shape index (κ2) is 7.53. The molecule has 0 unspecified atom stereocenters. The fraction of sp³-hybridized carbons (Fsp3) is 0.500. The molecule has 0 radical (unpaired) electrons. The maximum Gasteiger partial charge on any atom is 0.253 e. The molecular formula is C14H22N2O4S. The summed E-state index contributed by atoms with van der Waals surface area (Å²) in [5, 5.41) is 8.86. The van der Waals surface area contributed by atoms with Crippen molar-refractivity contribution in [1.29, 1.82) is 0 Å². The Hall–Kier alpha value is -1.44. The van der Waals surface area contributed by atoms with E-state index in [0.29, 0.717) is 18.7 Å². The first-order valence-corrected chi connectivity index (χ1v) is 8.29. The van der Waals surface area contributed by atoms with Gasteiger partial charge in [0.05, 0.1) is 11.5 Å². The lowest BCUT2D eigenvalue weighted by molar-refractivity contribution is 0.0766. The van der Waals surface area contributed by atoms with Gasteiger partial charge >= 0.3 is 0 Å². The number of likely N-dealkylation sites (N-methyl/N-ethyl adjacent to an activating group) is 1. The van der Waals surface area contributed by atoms with Crippen LogP contribution in [0.25, 0.3) is 0 Å². The largest absolute Gasteiger partial charge is 0.395 e. The van der Waals surface area contributed by atoms with E-state index >= 15 is 0 Å². The summed E-state index contributed by atoms with van der Waals surface area (Å²) in [6, 6.07) is 5.98. The van der Waals surface area contributed by atoms with Crippen molar-refractivity contribution < 1.29 is 18.3 Å². The van der Waals surface area contributed by atoms with Crippen LogP contribution >= 0.6 is 0 Å². The van der Waals surface area contributed by atoms with Gasteiger partial charge in [-0.3, -0.25) is 4.79 Å². The van der Waals surface area contributed by atoms with Crippen LogP contribution in [0.2, 0.25) is 0 Å².